The summed E-state index contributed by atoms with van der Waals surface area (Å²) in [5.74, 6) is 0. The predicted octanol–water partition coefficient (Wildman–Crippen LogP) is 5.86. The molecule has 0 fully saturated rings. The number of hydrogen-bond donors (Lipinski definition) is 1. The van der Waals surface area contributed by atoms with Gasteiger partial charge in [0.15, 0.2) is 0 Å². The average molecular weight is 439 g/mol. The second kappa shape index (κ2) is 14.0. The van der Waals surface area contributed by atoms with Gasteiger partial charge in [-0.3, -0.25) is 0 Å². The summed E-state index contributed by atoms with van der Waals surface area (Å²) < 4.78 is 18.7. The first kappa shape index (κ1) is 26.0. The van der Waals surface area contributed by atoms with Gasteiger partial charge in [0, 0.05) is 0 Å². The number of benzene rings is 2. The number of allylic oxidation sites excluding steroid dienone is 1. The van der Waals surface area contributed by atoms with Crippen LogP contribution in [0.25, 0.3) is 0 Å². The van der Waals surface area contributed by atoms with Crippen molar-refractivity contribution in [3.8, 4) is 0 Å². The standard InChI is InChI=1S/C28H38O4/c1-5-12-27(31-21-25-15-10-7-11-16-25)28(4,18-17-23(2)3)32-26(19-29)22-30-20-24-13-8-6-9-14-24/h5-11,13-17,26-27,29H,1,12,18-22H2,2-4H3/t26-,27+,28-/m0/s1. The molecule has 0 bridgehead atoms. The molecule has 0 amide bonds. The molecule has 2 aromatic carbocycles. The number of hydrogen-bond acceptors (Lipinski definition) is 4. The molecular weight excluding hydrogens is 400 g/mol. The first-order valence-corrected chi connectivity index (χ1v) is 11.3. The molecule has 0 aliphatic heterocycles. The maximum Gasteiger partial charge on any atom is 0.105 e. The quantitative estimate of drug-likeness (QED) is 0.354. The van der Waals surface area contributed by atoms with Crippen LogP contribution in [-0.4, -0.2) is 36.1 Å². The highest BCUT2D eigenvalue weighted by Gasteiger charge is 2.37. The smallest absolute Gasteiger partial charge is 0.105 e. The Morgan fingerprint density at radius 2 is 1.59 bits per heavy atom. The molecule has 0 radical (unpaired) electrons. The van der Waals surface area contributed by atoms with Crippen LogP contribution in [0.4, 0.5) is 0 Å². The second-order valence-electron chi connectivity index (χ2n) is 8.53. The Bertz CT molecular complexity index is 799. The topological polar surface area (TPSA) is 47.9 Å². The van der Waals surface area contributed by atoms with Gasteiger partial charge >= 0.3 is 0 Å². The van der Waals surface area contributed by atoms with Gasteiger partial charge in [0.2, 0.25) is 0 Å². The normalized spacial score (nSPS) is 14.9. The Morgan fingerprint density at radius 3 is 2.12 bits per heavy atom. The summed E-state index contributed by atoms with van der Waals surface area (Å²) in [6, 6.07) is 20.1. The first-order chi connectivity index (χ1) is 15.5. The number of aliphatic hydroxyl groups excluding tert-OH is 1. The van der Waals surface area contributed by atoms with Gasteiger partial charge in [-0.1, -0.05) is 78.4 Å². The summed E-state index contributed by atoms with van der Waals surface area (Å²) in [6.07, 6.45) is 4.64. The van der Waals surface area contributed by atoms with E-state index in [4.69, 9.17) is 14.2 Å². The third kappa shape index (κ3) is 9.09. The molecule has 32 heavy (non-hydrogen) atoms. The van der Waals surface area contributed by atoms with Crippen LogP contribution in [0.5, 0.6) is 0 Å². The Hall–Kier alpha value is -2.24. The lowest BCUT2D eigenvalue weighted by molar-refractivity contribution is -0.185. The summed E-state index contributed by atoms with van der Waals surface area (Å²) in [4.78, 5) is 0. The van der Waals surface area contributed by atoms with Gasteiger partial charge in [-0.05, 0) is 44.7 Å². The SMILES string of the molecule is C=CC[C@@H](OCc1ccccc1)[C@](C)(CC=C(C)C)O[C@@H](CO)COCc1ccccc1. The summed E-state index contributed by atoms with van der Waals surface area (Å²) >= 11 is 0. The maximum atomic E-state index is 10.0. The van der Waals surface area contributed by atoms with E-state index in [0.29, 0.717) is 32.7 Å². The highest BCUT2D eigenvalue weighted by Crippen LogP contribution is 2.29. The van der Waals surface area contributed by atoms with Crippen molar-refractivity contribution in [1.29, 1.82) is 0 Å². The van der Waals surface area contributed by atoms with Crippen molar-refractivity contribution >= 4 is 0 Å². The minimum atomic E-state index is -0.649. The molecule has 0 saturated carbocycles. The van der Waals surface area contributed by atoms with Crippen LogP contribution in [0, 0.1) is 0 Å². The van der Waals surface area contributed by atoms with Gasteiger partial charge in [-0.2, -0.15) is 0 Å². The number of ether oxygens (including phenoxy) is 3. The van der Waals surface area contributed by atoms with Crippen molar-refractivity contribution in [1.82, 2.24) is 0 Å². The van der Waals surface area contributed by atoms with Crippen molar-refractivity contribution in [2.24, 2.45) is 0 Å². The zero-order valence-corrected chi connectivity index (χ0v) is 19.7. The van der Waals surface area contributed by atoms with Crippen LogP contribution < -0.4 is 0 Å². The largest absolute Gasteiger partial charge is 0.394 e. The van der Waals surface area contributed by atoms with Crippen LogP contribution in [-0.2, 0) is 27.4 Å². The highest BCUT2D eigenvalue weighted by molar-refractivity contribution is 5.14. The Balaban J connectivity index is 2.09. The van der Waals surface area contributed by atoms with Crippen molar-refractivity contribution in [2.45, 2.75) is 64.6 Å². The molecule has 0 heterocycles. The minimum Gasteiger partial charge on any atom is -0.394 e. The highest BCUT2D eigenvalue weighted by atomic mass is 16.6. The fourth-order valence-electron chi connectivity index (χ4n) is 3.47. The van der Waals surface area contributed by atoms with Gasteiger partial charge in [0.05, 0.1) is 38.1 Å². The van der Waals surface area contributed by atoms with Gasteiger partial charge < -0.3 is 19.3 Å². The summed E-state index contributed by atoms with van der Waals surface area (Å²) in [5.41, 5.74) is 2.76. The van der Waals surface area contributed by atoms with Crippen molar-refractivity contribution in [3.63, 3.8) is 0 Å². The van der Waals surface area contributed by atoms with Crippen molar-refractivity contribution < 1.29 is 19.3 Å². The minimum absolute atomic E-state index is 0.126. The molecule has 2 rings (SSSR count). The summed E-state index contributed by atoms with van der Waals surface area (Å²) in [6.45, 7) is 11.2. The van der Waals surface area contributed by atoms with Crippen LogP contribution in [0.15, 0.2) is 85.0 Å². The first-order valence-electron chi connectivity index (χ1n) is 11.3. The molecule has 3 atom stereocenters. The maximum absolute atomic E-state index is 10.0. The van der Waals surface area contributed by atoms with E-state index in [1.807, 2.05) is 73.7 Å². The van der Waals surface area contributed by atoms with Crippen LogP contribution in [0.2, 0.25) is 0 Å². The zero-order valence-electron chi connectivity index (χ0n) is 19.7. The summed E-state index contributed by atoms with van der Waals surface area (Å²) in [5, 5.41) is 10.0. The predicted molar refractivity (Wildman–Crippen MR) is 130 cm³/mol. The fourth-order valence-corrected chi connectivity index (χ4v) is 3.47. The van der Waals surface area contributed by atoms with Crippen molar-refractivity contribution in [2.75, 3.05) is 13.2 Å². The average Bonchev–Trinajstić information content (AvgIpc) is 2.81. The molecule has 0 aliphatic rings. The van der Waals surface area contributed by atoms with Crippen LogP contribution >= 0.6 is 0 Å². The Kier molecular flexibility index (Phi) is 11.4. The third-order valence-corrected chi connectivity index (χ3v) is 5.33. The second-order valence-corrected chi connectivity index (χ2v) is 8.53. The van der Waals surface area contributed by atoms with E-state index in [-0.39, 0.29) is 12.7 Å². The lowest BCUT2D eigenvalue weighted by atomic mass is 9.90. The van der Waals surface area contributed by atoms with Crippen LogP contribution in [0.1, 0.15) is 44.7 Å². The molecule has 0 aromatic heterocycles. The van der Waals surface area contributed by atoms with E-state index < -0.39 is 11.7 Å². The van der Waals surface area contributed by atoms with E-state index in [2.05, 4.69) is 26.5 Å². The van der Waals surface area contributed by atoms with E-state index in [0.717, 1.165) is 11.1 Å². The van der Waals surface area contributed by atoms with Gasteiger partial charge in [-0.25, -0.2) is 0 Å². The zero-order chi connectivity index (χ0) is 23.2. The van der Waals surface area contributed by atoms with E-state index in [1.54, 1.807) is 0 Å². The molecule has 4 heteroatoms. The van der Waals surface area contributed by atoms with Gasteiger partial charge in [0.1, 0.15) is 6.10 Å². The van der Waals surface area contributed by atoms with E-state index in [1.165, 1.54) is 5.57 Å². The van der Waals surface area contributed by atoms with E-state index in [9.17, 15) is 5.11 Å². The summed E-state index contributed by atoms with van der Waals surface area (Å²) in [7, 11) is 0. The third-order valence-electron chi connectivity index (χ3n) is 5.33. The molecule has 0 spiro atoms. The molecular formula is C28H38O4. The van der Waals surface area contributed by atoms with Crippen LogP contribution in [0.3, 0.4) is 0 Å². The lowest BCUT2D eigenvalue weighted by Gasteiger charge is -2.39. The molecule has 0 unspecified atom stereocenters. The molecule has 2 aromatic rings. The molecule has 174 valence electrons. The molecule has 0 aliphatic carbocycles. The van der Waals surface area contributed by atoms with E-state index >= 15 is 0 Å². The molecule has 1 N–H and O–H groups in total. The Labute approximate surface area is 193 Å². The van der Waals surface area contributed by atoms with Gasteiger partial charge in [0.25, 0.3) is 0 Å². The molecule has 0 saturated heterocycles. The molecule has 4 nitrogen and oxygen atoms in total. The number of rotatable bonds is 15. The van der Waals surface area contributed by atoms with Gasteiger partial charge in [-0.15, -0.1) is 6.58 Å². The Morgan fingerprint density at radius 1 is 1.00 bits per heavy atom. The lowest BCUT2D eigenvalue weighted by Crippen LogP contribution is -2.47. The number of aliphatic hydroxyl groups is 1. The van der Waals surface area contributed by atoms with Crippen molar-refractivity contribution in [3.05, 3.63) is 96.1 Å². The fraction of sp³-hybridized carbons (Fsp3) is 0.429. The monoisotopic (exact) mass is 438 g/mol.